The molecule has 1 amide bonds. The topological polar surface area (TPSA) is 110 Å². The zero-order chi connectivity index (χ0) is 22.5. The Balaban J connectivity index is 1.42. The molecule has 2 heterocycles. The van der Waals surface area contributed by atoms with Crippen LogP contribution in [0.25, 0.3) is 11.0 Å². The number of carbonyl (C=O) groups is 1. The van der Waals surface area contributed by atoms with Crippen LogP contribution in [0.1, 0.15) is 5.56 Å². The second kappa shape index (κ2) is 9.25. The summed E-state index contributed by atoms with van der Waals surface area (Å²) >= 11 is 0. The van der Waals surface area contributed by atoms with Crippen molar-refractivity contribution in [1.29, 1.82) is 0 Å². The van der Waals surface area contributed by atoms with Crippen LogP contribution >= 0.6 is 0 Å². The van der Waals surface area contributed by atoms with E-state index in [9.17, 15) is 4.79 Å². The first-order valence-electron chi connectivity index (χ1n) is 9.85. The van der Waals surface area contributed by atoms with Crippen LogP contribution in [-0.2, 0) is 11.2 Å². The van der Waals surface area contributed by atoms with Crippen LogP contribution < -0.4 is 24.8 Å². The van der Waals surface area contributed by atoms with E-state index in [0.29, 0.717) is 28.8 Å². The number of rotatable bonds is 8. The van der Waals surface area contributed by atoms with Crippen molar-refractivity contribution in [3.05, 3.63) is 60.6 Å². The van der Waals surface area contributed by atoms with Crippen molar-refractivity contribution < 1.29 is 19.0 Å². The summed E-state index contributed by atoms with van der Waals surface area (Å²) in [6, 6.07) is 12.9. The molecular weight excluding hydrogens is 410 g/mol. The number of aromatic nitrogens is 3. The smallest absolute Gasteiger partial charge is 0.228 e. The Hall–Kier alpha value is -4.27. The van der Waals surface area contributed by atoms with Crippen molar-refractivity contribution in [2.24, 2.45) is 0 Å². The molecule has 0 spiro atoms. The fourth-order valence-electron chi connectivity index (χ4n) is 3.36. The molecule has 0 bridgehead atoms. The SMILES string of the molecule is COc1cc(NC(=O)Cc2ccc(Nc3ncnc4[nH]ccc34)cc2)cc(OC)c1OC. The zero-order valence-corrected chi connectivity index (χ0v) is 17.9. The molecule has 0 saturated heterocycles. The summed E-state index contributed by atoms with van der Waals surface area (Å²) in [6.07, 6.45) is 3.54. The number of ether oxygens (including phenoxy) is 3. The van der Waals surface area contributed by atoms with Gasteiger partial charge in [-0.25, -0.2) is 9.97 Å². The van der Waals surface area contributed by atoms with Gasteiger partial charge in [0.1, 0.15) is 17.8 Å². The van der Waals surface area contributed by atoms with Gasteiger partial charge in [0.2, 0.25) is 11.7 Å². The van der Waals surface area contributed by atoms with Crippen LogP contribution in [-0.4, -0.2) is 42.2 Å². The molecule has 9 heteroatoms. The molecule has 9 nitrogen and oxygen atoms in total. The van der Waals surface area contributed by atoms with Gasteiger partial charge < -0.3 is 29.8 Å². The van der Waals surface area contributed by atoms with Crippen molar-refractivity contribution in [3.8, 4) is 17.2 Å². The molecule has 0 radical (unpaired) electrons. The summed E-state index contributed by atoms with van der Waals surface area (Å²) in [7, 11) is 4.59. The van der Waals surface area contributed by atoms with E-state index in [0.717, 1.165) is 22.3 Å². The molecule has 164 valence electrons. The predicted molar refractivity (Wildman–Crippen MR) is 122 cm³/mol. The van der Waals surface area contributed by atoms with Crippen molar-refractivity contribution in [1.82, 2.24) is 15.0 Å². The van der Waals surface area contributed by atoms with Crippen molar-refractivity contribution >= 4 is 34.1 Å². The number of methoxy groups -OCH3 is 3. The minimum Gasteiger partial charge on any atom is -0.493 e. The highest BCUT2D eigenvalue weighted by molar-refractivity contribution is 5.93. The van der Waals surface area contributed by atoms with E-state index < -0.39 is 0 Å². The fraction of sp³-hybridized carbons (Fsp3) is 0.174. The Labute approximate surface area is 184 Å². The highest BCUT2D eigenvalue weighted by Gasteiger charge is 2.15. The molecule has 0 aliphatic rings. The molecule has 0 fully saturated rings. The number of hydrogen-bond acceptors (Lipinski definition) is 7. The van der Waals surface area contributed by atoms with E-state index in [1.165, 1.54) is 27.7 Å². The number of anilines is 3. The van der Waals surface area contributed by atoms with Crippen LogP contribution in [0.4, 0.5) is 17.2 Å². The van der Waals surface area contributed by atoms with Gasteiger partial charge in [0.15, 0.2) is 11.5 Å². The molecule has 2 aromatic carbocycles. The molecule has 4 aromatic rings. The normalized spacial score (nSPS) is 10.6. The molecule has 0 aliphatic heterocycles. The third-order valence-electron chi connectivity index (χ3n) is 4.88. The van der Waals surface area contributed by atoms with Gasteiger partial charge in [-0.15, -0.1) is 0 Å². The number of hydrogen-bond donors (Lipinski definition) is 3. The number of carbonyl (C=O) groups excluding carboxylic acids is 1. The molecule has 0 atom stereocenters. The fourth-order valence-corrected chi connectivity index (χ4v) is 3.36. The molecular formula is C23H23N5O4. The largest absolute Gasteiger partial charge is 0.493 e. The Bertz CT molecular complexity index is 1210. The molecule has 3 N–H and O–H groups in total. The average Bonchev–Trinajstić information content (AvgIpc) is 3.29. The highest BCUT2D eigenvalue weighted by Crippen LogP contribution is 2.39. The quantitative estimate of drug-likeness (QED) is 0.386. The lowest BCUT2D eigenvalue weighted by atomic mass is 10.1. The predicted octanol–water partition coefficient (Wildman–Crippen LogP) is 3.91. The first-order valence-corrected chi connectivity index (χ1v) is 9.85. The third kappa shape index (κ3) is 4.41. The Morgan fingerprint density at radius 3 is 2.31 bits per heavy atom. The van der Waals surface area contributed by atoms with Crippen molar-refractivity contribution in [3.63, 3.8) is 0 Å². The van der Waals surface area contributed by atoms with Gasteiger partial charge in [-0.05, 0) is 23.8 Å². The lowest BCUT2D eigenvalue weighted by molar-refractivity contribution is -0.115. The van der Waals surface area contributed by atoms with Crippen LogP contribution in [0.5, 0.6) is 17.2 Å². The number of benzene rings is 2. The van der Waals surface area contributed by atoms with Crippen LogP contribution in [0.15, 0.2) is 55.0 Å². The molecule has 0 saturated carbocycles. The second-order valence-electron chi connectivity index (χ2n) is 6.92. The molecule has 32 heavy (non-hydrogen) atoms. The second-order valence-corrected chi connectivity index (χ2v) is 6.92. The maximum absolute atomic E-state index is 12.6. The van der Waals surface area contributed by atoms with Gasteiger partial charge in [-0.3, -0.25) is 4.79 Å². The average molecular weight is 433 g/mol. The molecule has 2 aromatic heterocycles. The van der Waals surface area contributed by atoms with Gasteiger partial charge in [-0.2, -0.15) is 0 Å². The first kappa shape index (κ1) is 21.0. The summed E-state index contributed by atoms with van der Waals surface area (Å²) in [4.78, 5) is 24.1. The van der Waals surface area contributed by atoms with E-state index in [2.05, 4.69) is 25.6 Å². The van der Waals surface area contributed by atoms with E-state index >= 15 is 0 Å². The zero-order valence-electron chi connectivity index (χ0n) is 17.9. The number of nitrogens with one attached hydrogen (secondary N) is 3. The summed E-state index contributed by atoms with van der Waals surface area (Å²) in [6.45, 7) is 0. The summed E-state index contributed by atoms with van der Waals surface area (Å²) < 4.78 is 16.0. The van der Waals surface area contributed by atoms with Crippen molar-refractivity contribution in [2.45, 2.75) is 6.42 Å². The number of aromatic amines is 1. The van der Waals surface area contributed by atoms with Crippen molar-refractivity contribution in [2.75, 3.05) is 32.0 Å². The van der Waals surface area contributed by atoms with Gasteiger partial charge in [0, 0.05) is 29.7 Å². The number of nitrogens with zero attached hydrogens (tertiary/aromatic N) is 2. The minimum absolute atomic E-state index is 0.162. The third-order valence-corrected chi connectivity index (χ3v) is 4.88. The Kier molecular flexibility index (Phi) is 6.07. The monoisotopic (exact) mass is 433 g/mol. The van der Waals surface area contributed by atoms with Crippen LogP contribution in [0, 0.1) is 0 Å². The Morgan fingerprint density at radius 1 is 0.938 bits per heavy atom. The maximum Gasteiger partial charge on any atom is 0.228 e. The van der Waals surface area contributed by atoms with Crippen LogP contribution in [0.2, 0.25) is 0 Å². The summed E-state index contributed by atoms with van der Waals surface area (Å²) in [5.74, 6) is 1.96. The van der Waals surface area contributed by atoms with E-state index in [1.54, 1.807) is 12.1 Å². The molecule has 4 rings (SSSR count). The van der Waals surface area contributed by atoms with Crippen LogP contribution in [0.3, 0.4) is 0 Å². The number of fused-ring (bicyclic) bond motifs is 1. The van der Waals surface area contributed by atoms with E-state index in [1.807, 2.05) is 36.5 Å². The van der Waals surface area contributed by atoms with Gasteiger partial charge in [-0.1, -0.05) is 12.1 Å². The van der Waals surface area contributed by atoms with E-state index in [-0.39, 0.29) is 12.3 Å². The number of H-pyrrole nitrogens is 1. The maximum atomic E-state index is 12.6. The molecule has 0 aliphatic carbocycles. The Morgan fingerprint density at radius 2 is 1.66 bits per heavy atom. The minimum atomic E-state index is -0.162. The summed E-state index contributed by atoms with van der Waals surface area (Å²) in [5, 5.41) is 7.05. The highest BCUT2D eigenvalue weighted by atomic mass is 16.5. The standard InChI is InChI=1S/C23H23N5O4/c1-30-18-11-16(12-19(31-2)21(18)32-3)27-20(29)10-14-4-6-15(7-5-14)28-23-17-8-9-24-22(17)25-13-26-23/h4-9,11-13H,10H2,1-3H3,(H,27,29)(H2,24,25,26,28). The lowest BCUT2D eigenvalue weighted by Gasteiger charge is -2.14. The first-order chi connectivity index (χ1) is 15.6. The number of amides is 1. The molecule has 0 unspecified atom stereocenters. The summed E-state index contributed by atoms with van der Waals surface area (Å²) in [5.41, 5.74) is 3.06. The van der Waals surface area contributed by atoms with E-state index in [4.69, 9.17) is 14.2 Å². The lowest BCUT2D eigenvalue weighted by Crippen LogP contribution is -2.14. The van der Waals surface area contributed by atoms with Gasteiger partial charge >= 0.3 is 0 Å². The van der Waals surface area contributed by atoms with Gasteiger partial charge in [0.05, 0.1) is 33.1 Å². The van der Waals surface area contributed by atoms with Gasteiger partial charge in [0.25, 0.3) is 0 Å².